The standard InChI is InChI=1S/C32H33ClN8O2/c1-7-40-31-27(20(4)37-41(31)16-21-8-10-22(43-6)11-9-21)28-23(14-18(2)15-24(28)32(40)42)19(3)35-25-12-13-26(33)36-29(25)30-34-17-39(5)38-30/h8-15,17,19,35H,7,16H2,1-6H3. The molecule has 0 aliphatic carbocycles. The van der Waals surface area contributed by atoms with E-state index in [9.17, 15) is 4.79 Å². The second kappa shape index (κ2) is 11.2. The Hall–Kier alpha value is -4.70. The van der Waals surface area contributed by atoms with Crippen LogP contribution in [0.3, 0.4) is 0 Å². The number of aromatic nitrogens is 7. The van der Waals surface area contributed by atoms with Gasteiger partial charge in [-0.15, -0.1) is 5.10 Å². The minimum atomic E-state index is -0.211. The molecule has 1 unspecified atom stereocenters. The van der Waals surface area contributed by atoms with Gasteiger partial charge in [0.1, 0.15) is 28.6 Å². The highest BCUT2D eigenvalue weighted by Crippen LogP contribution is 2.36. The molecular weight excluding hydrogens is 564 g/mol. The van der Waals surface area contributed by atoms with E-state index in [2.05, 4.69) is 33.4 Å². The lowest BCUT2D eigenvalue weighted by atomic mass is 9.94. The van der Waals surface area contributed by atoms with Gasteiger partial charge in [-0.3, -0.25) is 14.0 Å². The summed E-state index contributed by atoms with van der Waals surface area (Å²) in [4.78, 5) is 23.0. The van der Waals surface area contributed by atoms with Crippen LogP contribution >= 0.6 is 11.6 Å². The smallest absolute Gasteiger partial charge is 0.260 e. The highest BCUT2D eigenvalue weighted by molar-refractivity contribution is 6.29. The molecule has 2 aromatic carbocycles. The molecule has 1 atom stereocenters. The van der Waals surface area contributed by atoms with Crippen LogP contribution in [0.5, 0.6) is 5.75 Å². The monoisotopic (exact) mass is 596 g/mol. The molecule has 6 rings (SSSR count). The number of ether oxygens (including phenoxy) is 1. The van der Waals surface area contributed by atoms with Gasteiger partial charge in [-0.1, -0.05) is 29.8 Å². The van der Waals surface area contributed by atoms with Crippen molar-refractivity contribution in [3.05, 3.63) is 92.7 Å². The van der Waals surface area contributed by atoms with E-state index in [0.29, 0.717) is 35.1 Å². The first kappa shape index (κ1) is 28.4. The fraction of sp³-hybridized carbons (Fsp3) is 0.281. The lowest BCUT2D eigenvalue weighted by Crippen LogP contribution is -2.23. The summed E-state index contributed by atoms with van der Waals surface area (Å²) in [5, 5.41) is 15.9. The third-order valence-corrected chi connectivity index (χ3v) is 7.92. The Bertz CT molecular complexity index is 2040. The first-order valence-corrected chi connectivity index (χ1v) is 14.5. The summed E-state index contributed by atoms with van der Waals surface area (Å²) in [6.45, 7) is 9.13. The minimum Gasteiger partial charge on any atom is -0.497 e. The molecule has 0 fully saturated rings. The van der Waals surface area contributed by atoms with Gasteiger partial charge < -0.3 is 10.1 Å². The van der Waals surface area contributed by atoms with Crippen molar-refractivity contribution < 1.29 is 4.74 Å². The van der Waals surface area contributed by atoms with Crippen molar-refractivity contribution in [3.8, 4) is 17.3 Å². The van der Waals surface area contributed by atoms with Crippen LogP contribution in [0.15, 0.2) is 59.7 Å². The Balaban J connectivity index is 1.53. The normalized spacial score (nSPS) is 12.3. The summed E-state index contributed by atoms with van der Waals surface area (Å²) in [6.07, 6.45) is 1.63. The molecular formula is C32H33ClN8O2. The molecule has 0 bridgehead atoms. The van der Waals surface area contributed by atoms with Crippen molar-refractivity contribution in [1.82, 2.24) is 34.1 Å². The molecule has 43 heavy (non-hydrogen) atoms. The molecule has 4 heterocycles. The predicted octanol–water partition coefficient (Wildman–Crippen LogP) is 6.06. The zero-order chi connectivity index (χ0) is 30.4. The number of pyridine rings is 2. The average molecular weight is 597 g/mol. The number of rotatable bonds is 8. The number of fused-ring (bicyclic) bond motifs is 3. The maximum absolute atomic E-state index is 14.1. The van der Waals surface area contributed by atoms with E-state index in [4.69, 9.17) is 21.4 Å². The number of nitrogens with one attached hydrogen (secondary N) is 1. The van der Waals surface area contributed by atoms with Gasteiger partial charge in [-0.2, -0.15) is 5.10 Å². The Morgan fingerprint density at radius 2 is 1.81 bits per heavy atom. The van der Waals surface area contributed by atoms with Gasteiger partial charge >= 0.3 is 0 Å². The van der Waals surface area contributed by atoms with Crippen molar-refractivity contribution in [1.29, 1.82) is 0 Å². The Morgan fingerprint density at radius 3 is 2.49 bits per heavy atom. The highest BCUT2D eigenvalue weighted by atomic mass is 35.5. The van der Waals surface area contributed by atoms with Crippen LogP contribution in [0.2, 0.25) is 5.15 Å². The molecule has 0 saturated heterocycles. The third-order valence-electron chi connectivity index (χ3n) is 7.71. The number of benzene rings is 2. The molecule has 0 radical (unpaired) electrons. The summed E-state index contributed by atoms with van der Waals surface area (Å²) in [5.41, 5.74) is 5.97. The minimum absolute atomic E-state index is 0.0374. The van der Waals surface area contributed by atoms with Crippen molar-refractivity contribution in [2.45, 2.75) is 46.8 Å². The van der Waals surface area contributed by atoms with E-state index in [1.165, 1.54) is 0 Å². The largest absolute Gasteiger partial charge is 0.497 e. The van der Waals surface area contributed by atoms with Gasteiger partial charge in [0.15, 0.2) is 0 Å². The molecule has 4 aromatic heterocycles. The van der Waals surface area contributed by atoms with Crippen LogP contribution in [0.25, 0.3) is 33.3 Å². The summed E-state index contributed by atoms with van der Waals surface area (Å²) in [5.74, 6) is 1.26. The van der Waals surface area contributed by atoms with Crippen molar-refractivity contribution in [2.75, 3.05) is 12.4 Å². The van der Waals surface area contributed by atoms with E-state index in [0.717, 1.165) is 50.2 Å². The molecule has 0 spiro atoms. The van der Waals surface area contributed by atoms with Crippen LogP contribution in [0.4, 0.5) is 5.69 Å². The van der Waals surface area contributed by atoms with Crippen molar-refractivity contribution in [2.24, 2.45) is 7.05 Å². The van der Waals surface area contributed by atoms with E-state index in [-0.39, 0.29) is 11.6 Å². The maximum atomic E-state index is 14.1. The first-order valence-electron chi connectivity index (χ1n) is 14.1. The van der Waals surface area contributed by atoms with Gasteiger partial charge in [-0.25, -0.2) is 14.6 Å². The molecule has 0 aliphatic heterocycles. The highest BCUT2D eigenvalue weighted by Gasteiger charge is 2.23. The number of nitrogens with zero attached hydrogens (tertiary/aromatic N) is 7. The van der Waals surface area contributed by atoms with E-state index < -0.39 is 0 Å². The van der Waals surface area contributed by atoms with Gasteiger partial charge in [0.25, 0.3) is 5.56 Å². The molecule has 220 valence electrons. The number of aryl methyl sites for hydroxylation is 4. The number of anilines is 1. The number of methoxy groups -OCH3 is 1. The van der Waals surface area contributed by atoms with Gasteiger partial charge in [-0.05, 0) is 74.7 Å². The molecule has 0 amide bonds. The number of halogens is 1. The lowest BCUT2D eigenvalue weighted by Gasteiger charge is -2.21. The number of hydrogen-bond donors (Lipinski definition) is 1. The van der Waals surface area contributed by atoms with Crippen molar-refractivity contribution in [3.63, 3.8) is 0 Å². The predicted molar refractivity (Wildman–Crippen MR) is 170 cm³/mol. The molecule has 1 N–H and O–H groups in total. The summed E-state index contributed by atoms with van der Waals surface area (Å²) in [7, 11) is 3.46. The summed E-state index contributed by atoms with van der Waals surface area (Å²) in [6, 6.07) is 15.4. The maximum Gasteiger partial charge on any atom is 0.260 e. The summed E-state index contributed by atoms with van der Waals surface area (Å²) < 4.78 is 10.7. The van der Waals surface area contributed by atoms with Crippen molar-refractivity contribution >= 4 is 39.1 Å². The summed E-state index contributed by atoms with van der Waals surface area (Å²) >= 11 is 6.28. The van der Waals surface area contributed by atoms with Gasteiger partial charge in [0, 0.05) is 35.8 Å². The van der Waals surface area contributed by atoms with Crippen LogP contribution in [0, 0.1) is 13.8 Å². The fourth-order valence-corrected chi connectivity index (χ4v) is 5.92. The van der Waals surface area contributed by atoms with E-state index in [1.54, 1.807) is 31.2 Å². The molecule has 10 nitrogen and oxygen atoms in total. The Labute approximate surface area is 253 Å². The SMILES string of the molecule is CCn1c(=O)c2cc(C)cc(C(C)Nc3ccc(Cl)nc3-c3ncn(C)n3)c2c2c(C)nn(Cc3ccc(OC)cc3)c21. The zero-order valence-corrected chi connectivity index (χ0v) is 25.8. The van der Waals surface area contributed by atoms with Crippen LogP contribution in [-0.2, 0) is 20.1 Å². The van der Waals surface area contributed by atoms with Gasteiger partial charge in [0.2, 0.25) is 5.82 Å². The van der Waals surface area contributed by atoms with Crippen LogP contribution in [-0.4, -0.2) is 41.2 Å². The first-order chi connectivity index (χ1) is 20.7. The Morgan fingerprint density at radius 1 is 1.05 bits per heavy atom. The van der Waals surface area contributed by atoms with Gasteiger partial charge in [0.05, 0.1) is 25.0 Å². The van der Waals surface area contributed by atoms with Crippen LogP contribution in [0.1, 0.15) is 42.3 Å². The fourth-order valence-electron chi connectivity index (χ4n) is 5.77. The molecule has 11 heteroatoms. The lowest BCUT2D eigenvalue weighted by molar-refractivity contribution is 0.414. The molecule has 0 saturated carbocycles. The third kappa shape index (κ3) is 5.12. The van der Waals surface area contributed by atoms with Crippen LogP contribution < -0.4 is 15.6 Å². The second-order valence-corrected chi connectivity index (χ2v) is 11.1. The Kier molecular flexibility index (Phi) is 7.39. The van der Waals surface area contributed by atoms with E-state index in [1.807, 2.05) is 66.4 Å². The quantitative estimate of drug-likeness (QED) is 0.213. The average Bonchev–Trinajstić information content (AvgIpc) is 3.56. The zero-order valence-electron chi connectivity index (χ0n) is 25.0. The molecule has 6 aromatic rings. The topological polar surface area (TPSA) is 105 Å². The van der Waals surface area contributed by atoms with E-state index >= 15 is 0 Å². The molecule has 0 aliphatic rings. The number of hydrogen-bond acceptors (Lipinski definition) is 7. The second-order valence-electron chi connectivity index (χ2n) is 10.8.